The van der Waals surface area contributed by atoms with Gasteiger partial charge in [0.15, 0.2) is 5.82 Å². The lowest BCUT2D eigenvalue weighted by Crippen LogP contribution is -2.26. The maximum atomic E-state index is 5.76. The van der Waals surface area contributed by atoms with Gasteiger partial charge in [-0.25, -0.2) is 9.97 Å². The molecule has 1 aromatic rings. The Morgan fingerprint density at radius 2 is 1.89 bits per heavy atom. The highest BCUT2D eigenvalue weighted by molar-refractivity contribution is 14.1. The minimum Gasteiger partial charge on any atom is -0.369 e. The number of aryl methyl sites for hydroxylation is 1. The number of hydrogen-bond donors (Lipinski definition) is 1. The molecule has 0 bridgehead atoms. The van der Waals surface area contributed by atoms with Crippen molar-refractivity contribution in [3.8, 4) is 0 Å². The lowest BCUT2D eigenvalue weighted by atomic mass is 10.1. The fourth-order valence-electron chi connectivity index (χ4n) is 1.78. The average Bonchev–Trinajstić information content (AvgIpc) is 2.37. The van der Waals surface area contributed by atoms with Gasteiger partial charge in [0.05, 0.1) is 9.26 Å². The number of nitrogens with one attached hydrogen (secondary N) is 1. The van der Waals surface area contributed by atoms with Crippen LogP contribution in [0.15, 0.2) is 0 Å². The summed E-state index contributed by atoms with van der Waals surface area (Å²) in [5.74, 6) is 1.68. The highest BCUT2D eigenvalue weighted by Gasteiger charge is 2.26. The summed E-state index contributed by atoms with van der Waals surface area (Å²) in [7, 11) is 0. The van der Waals surface area contributed by atoms with E-state index in [0.717, 1.165) is 40.3 Å². The van der Waals surface area contributed by atoms with Crippen LogP contribution in [-0.2, 0) is 16.8 Å². The third-order valence-corrected chi connectivity index (χ3v) is 3.97. The van der Waals surface area contributed by atoms with Gasteiger partial charge in [0.1, 0.15) is 11.4 Å². The van der Waals surface area contributed by atoms with Crippen molar-refractivity contribution in [1.82, 2.24) is 9.97 Å². The first-order chi connectivity index (χ1) is 8.96. The van der Waals surface area contributed by atoms with Gasteiger partial charge in [0.2, 0.25) is 0 Å². The summed E-state index contributed by atoms with van der Waals surface area (Å²) in [6.45, 7) is 11.9. The molecule has 5 heteroatoms. The van der Waals surface area contributed by atoms with Crippen molar-refractivity contribution in [1.29, 1.82) is 0 Å². The number of rotatable bonds is 7. The molecule has 19 heavy (non-hydrogen) atoms. The van der Waals surface area contributed by atoms with E-state index in [4.69, 9.17) is 4.74 Å². The summed E-state index contributed by atoms with van der Waals surface area (Å²) in [6.07, 6.45) is 1.97. The van der Waals surface area contributed by atoms with E-state index in [1.165, 1.54) is 0 Å². The number of aromatic nitrogens is 2. The van der Waals surface area contributed by atoms with E-state index < -0.39 is 5.60 Å². The first-order valence-electron chi connectivity index (χ1n) is 6.90. The highest BCUT2D eigenvalue weighted by atomic mass is 127. The van der Waals surface area contributed by atoms with Crippen LogP contribution in [0.2, 0.25) is 0 Å². The van der Waals surface area contributed by atoms with Crippen molar-refractivity contribution >= 4 is 28.4 Å². The molecule has 0 atom stereocenters. The Kier molecular flexibility index (Phi) is 6.46. The number of halogens is 1. The first-order valence-corrected chi connectivity index (χ1v) is 7.98. The summed E-state index contributed by atoms with van der Waals surface area (Å²) in [5, 5.41) is 3.38. The van der Waals surface area contributed by atoms with Crippen LogP contribution in [0.25, 0.3) is 0 Å². The minimum atomic E-state index is -0.453. The Morgan fingerprint density at radius 1 is 1.21 bits per heavy atom. The Labute approximate surface area is 129 Å². The van der Waals surface area contributed by atoms with Gasteiger partial charge in [-0.3, -0.25) is 0 Å². The number of anilines is 1. The molecule has 1 heterocycles. The van der Waals surface area contributed by atoms with Crippen molar-refractivity contribution in [3.05, 3.63) is 15.1 Å². The zero-order valence-electron chi connectivity index (χ0n) is 12.5. The molecular weight excluding hydrogens is 353 g/mol. The van der Waals surface area contributed by atoms with E-state index in [0.29, 0.717) is 6.61 Å². The SMILES string of the molecule is CCCNc1nc(C(C)(C)OCC)nc(CC)c1I. The molecular formula is C14H24IN3O. The normalized spacial score (nSPS) is 11.7. The fourth-order valence-corrected chi connectivity index (χ4v) is 2.60. The molecule has 0 amide bonds. The molecule has 0 aliphatic carbocycles. The Balaban J connectivity index is 3.18. The van der Waals surface area contributed by atoms with Crippen LogP contribution >= 0.6 is 22.6 Å². The van der Waals surface area contributed by atoms with Crippen molar-refractivity contribution < 1.29 is 4.74 Å². The second kappa shape index (κ2) is 7.38. The molecule has 0 spiro atoms. The second-order valence-corrected chi connectivity index (χ2v) is 5.96. The lowest BCUT2D eigenvalue weighted by Gasteiger charge is -2.24. The maximum absolute atomic E-state index is 5.76. The topological polar surface area (TPSA) is 47.0 Å². The van der Waals surface area contributed by atoms with Crippen molar-refractivity contribution in [2.45, 2.75) is 53.1 Å². The maximum Gasteiger partial charge on any atom is 0.162 e. The largest absolute Gasteiger partial charge is 0.369 e. The minimum absolute atomic E-state index is 0.453. The smallest absolute Gasteiger partial charge is 0.162 e. The van der Waals surface area contributed by atoms with Crippen LogP contribution in [0.5, 0.6) is 0 Å². The highest BCUT2D eigenvalue weighted by Crippen LogP contribution is 2.26. The van der Waals surface area contributed by atoms with Crippen LogP contribution in [0.4, 0.5) is 5.82 Å². The predicted molar refractivity (Wildman–Crippen MR) is 87.6 cm³/mol. The van der Waals surface area contributed by atoms with Gasteiger partial charge in [-0.2, -0.15) is 0 Å². The summed E-state index contributed by atoms with van der Waals surface area (Å²) in [6, 6.07) is 0. The number of ether oxygens (including phenoxy) is 1. The van der Waals surface area contributed by atoms with Crippen LogP contribution < -0.4 is 5.32 Å². The molecule has 1 N–H and O–H groups in total. The number of nitrogens with zero attached hydrogens (tertiary/aromatic N) is 2. The quantitative estimate of drug-likeness (QED) is 0.736. The summed E-state index contributed by atoms with van der Waals surface area (Å²) < 4.78 is 6.87. The van der Waals surface area contributed by atoms with E-state index in [2.05, 4.69) is 51.7 Å². The zero-order chi connectivity index (χ0) is 14.5. The van der Waals surface area contributed by atoms with Crippen molar-refractivity contribution in [2.24, 2.45) is 0 Å². The Morgan fingerprint density at radius 3 is 2.42 bits per heavy atom. The third-order valence-electron chi connectivity index (χ3n) is 2.84. The van der Waals surface area contributed by atoms with E-state index >= 15 is 0 Å². The van der Waals surface area contributed by atoms with Crippen LogP contribution in [0.3, 0.4) is 0 Å². The van der Waals surface area contributed by atoms with Gasteiger partial charge in [-0.15, -0.1) is 0 Å². The second-order valence-electron chi connectivity index (χ2n) is 4.88. The van der Waals surface area contributed by atoms with E-state index in [1.807, 2.05) is 20.8 Å². The van der Waals surface area contributed by atoms with Gasteiger partial charge in [0.25, 0.3) is 0 Å². The molecule has 0 aliphatic rings. The van der Waals surface area contributed by atoms with E-state index in [9.17, 15) is 0 Å². The molecule has 1 rings (SSSR count). The summed E-state index contributed by atoms with van der Waals surface area (Å²) in [4.78, 5) is 9.32. The monoisotopic (exact) mass is 377 g/mol. The summed E-state index contributed by atoms with van der Waals surface area (Å²) in [5.41, 5.74) is 0.628. The van der Waals surface area contributed by atoms with Crippen molar-refractivity contribution in [2.75, 3.05) is 18.5 Å². The average molecular weight is 377 g/mol. The predicted octanol–water partition coefficient (Wildman–Crippen LogP) is 3.74. The van der Waals surface area contributed by atoms with Gasteiger partial charge in [-0.1, -0.05) is 13.8 Å². The summed E-state index contributed by atoms with van der Waals surface area (Å²) >= 11 is 2.32. The molecule has 108 valence electrons. The van der Waals surface area contributed by atoms with Crippen LogP contribution in [0, 0.1) is 3.57 Å². The van der Waals surface area contributed by atoms with E-state index in [1.54, 1.807) is 0 Å². The van der Waals surface area contributed by atoms with E-state index in [-0.39, 0.29) is 0 Å². The molecule has 1 aromatic heterocycles. The Hall–Kier alpha value is -0.430. The first kappa shape index (κ1) is 16.6. The van der Waals surface area contributed by atoms with Crippen molar-refractivity contribution in [3.63, 3.8) is 0 Å². The molecule has 0 saturated carbocycles. The lowest BCUT2D eigenvalue weighted by molar-refractivity contribution is -0.0208. The molecule has 0 unspecified atom stereocenters. The number of hydrogen-bond acceptors (Lipinski definition) is 4. The van der Waals surface area contributed by atoms with Gasteiger partial charge >= 0.3 is 0 Å². The van der Waals surface area contributed by atoms with Gasteiger partial charge < -0.3 is 10.1 Å². The molecule has 0 fully saturated rings. The molecule has 0 aliphatic heterocycles. The third kappa shape index (κ3) is 4.27. The molecule has 4 nitrogen and oxygen atoms in total. The molecule has 0 saturated heterocycles. The Bertz CT molecular complexity index is 421. The van der Waals surface area contributed by atoms with Crippen LogP contribution in [-0.4, -0.2) is 23.1 Å². The van der Waals surface area contributed by atoms with Gasteiger partial charge in [0, 0.05) is 13.2 Å². The zero-order valence-corrected chi connectivity index (χ0v) is 14.7. The molecule has 0 radical (unpaired) electrons. The van der Waals surface area contributed by atoms with Gasteiger partial charge in [-0.05, 0) is 56.2 Å². The van der Waals surface area contributed by atoms with Crippen LogP contribution in [0.1, 0.15) is 52.6 Å². The fraction of sp³-hybridized carbons (Fsp3) is 0.714. The standard InChI is InChI=1S/C14H24IN3O/c1-6-9-16-12-11(15)10(7-2)17-13(18-12)14(4,5)19-8-3/h6-9H2,1-5H3,(H,16,17,18). The molecule has 0 aromatic carbocycles.